The monoisotopic (exact) mass is 389 g/mol. The average Bonchev–Trinajstić information content (AvgIpc) is 3.00. The van der Waals surface area contributed by atoms with Crippen molar-refractivity contribution in [1.29, 1.82) is 0 Å². The summed E-state index contributed by atoms with van der Waals surface area (Å²) in [6.45, 7) is 4.76. The molecule has 1 saturated carbocycles. The highest BCUT2D eigenvalue weighted by Crippen LogP contribution is 2.57. The van der Waals surface area contributed by atoms with Crippen LogP contribution in [0.1, 0.15) is 44.6 Å². The number of rotatable bonds is 5. The van der Waals surface area contributed by atoms with E-state index in [0.717, 1.165) is 38.8 Å². The van der Waals surface area contributed by atoms with Gasteiger partial charge in [0.1, 0.15) is 0 Å². The predicted octanol–water partition coefficient (Wildman–Crippen LogP) is 2.10. The number of piperidine rings is 1. The summed E-state index contributed by atoms with van der Waals surface area (Å²) >= 11 is 1.66. The Hall–Kier alpha value is -1.89. The molecule has 3 amide bonds. The Morgan fingerprint density at radius 1 is 1.30 bits per heavy atom. The minimum absolute atomic E-state index is 0.0685. The van der Waals surface area contributed by atoms with Gasteiger partial charge in [-0.05, 0) is 53.5 Å². The summed E-state index contributed by atoms with van der Waals surface area (Å²) in [5, 5.41) is 4.15. The van der Waals surface area contributed by atoms with Crippen LogP contribution in [0.2, 0.25) is 0 Å². The zero-order chi connectivity index (χ0) is 19.0. The zero-order valence-corrected chi connectivity index (χ0v) is 16.7. The van der Waals surface area contributed by atoms with Crippen LogP contribution in [0.15, 0.2) is 16.8 Å². The molecule has 0 radical (unpaired) electrons. The summed E-state index contributed by atoms with van der Waals surface area (Å²) in [4.78, 5) is 42.1. The summed E-state index contributed by atoms with van der Waals surface area (Å²) in [6.07, 6.45) is 4.38. The first-order valence-corrected chi connectivity index (χ1v) is 10.8. The SMILES string of the molecule is CC(=O)N(Cc1ccsc1)[C@H]1CC12CCN(C(=O)CN1CCCC1=O)CC2. The van der Waals surface area contributed by atoms with Gasteiger partial charge < -0.3 is 14.7 Å². The molecule has 0 N–H and O–H groups in total. The van der Waals surface area contributed by atoms with Crippen LogP contribution in [0.4, 0.5) is 0 Å². The third kappa shape index (κ3) is 3.74. The molecule has 6 nitrogen and oxygen atoms in total. The molecule has 3 heterocycles. The topological polar surface area (TPSA) is 60.9 Å². The summed E-state index contributed by atoms with van der Waals surface area (Å²) in [7, 11) is 0. The summed E-state index contributed by atoms with van der Waals surface area (Å²) in [5.74, 6) is 0.303. The Morgan fingerprint density at radius 2 is 2.07 bits per heavy atom. The van der Waals surface area contributed by atoms with Crippen LogP contribution in [0.5, 0.6) is 0 Å². The lowest BCUT2D eigenvalue weighted by atomic mass is 9.92. The molecular weight excluding hydrogens is 362 g/mol. The second kappa shape index (κ2) is 7.26. The van der Waals surface area contributed by atoms with Crippen molar-refractivity contribution in [3.05, 3.63) is 22.4 Å². The van der Waals surface area contributed by atoms with Gasteiger partial charge in [0.05, 0.1) is 6.54 Å². The minimum Gasteiger partial charge on any atom is -0.341 e. The Labute approximate surface area is 164 Å². The van der Waals surface area contributed by atoms with E-state index in [4.69, 9.17) is 0 Å². The second-order valence-corrected chi connectivity index (χ2v) is 8.94. The van der Waals surface area contributed by atoms with E-state index in [9.17, 15) is 14.4 Å². The standard InChI is InChI=1S/C20H27N3O3S/c1-15(24)23(12-16-4-10-27-14-16)17-11-20(17)5-8-21(9-6-20)19(26)13-22-7-2-3-18(22)25/h4,10,14,17H,2-3,5-9,11-13H2,1H3/t17-/m0/s1. The van der Waals surface area contributed by atoms with Gasteiger partial charge in [0.15, 0.2) is 0 Å². The Kier molecular flexibility index (Phi) is 4.97. The van der Waals surface area contributed by atoms with Gasteiger partial charge in [-0.1, -0.05) is 0 Å². The Morgan fingerprint density at radius 3 is 2.67 bits per heavy atom. The van der Waals surface area contributed by atoms with Crippen molar-refractivity contribution < 1.29 is 14.4 Å². The molecule has 27 heavy (non-hydrogen) atoms. The minimum atomic E-state index is 0.0685. The Balaban J connectivity index is 1.31. The lowest BCUT2D eigenvalue weighted by Crippen LogP contribution is -2.46. The molecule has 1 atom stereocenters. The van der Waals surface area contributed by atoms with E-state index in [-0.39, 0.29) is 29.7 Å². The van der Waals surface area contributed by atoms with E-state index < -0.39 is 0 Å². The highest BCUT2D eigenvalue weighted by atomic mass is 32.1. The molecule has 4 rings (SSSR count). The number of nitrogens with zero attached hydrogens (tertiary/aromatic N) is 3. The van der Waals surface area contributed by atoms with Crippen molar-refractivity contribution in [1.82, 2.24) is 14.7 Å². The van der Waals surface area contributed by atoms with Gasteiger partial charge in [-0.15, -0.1) is 0 Å². The fourth-order valence-corrected chi connectivity index (χ4v) is 5.32. The summed E-state index contributed by atoms with van der Waals surface area (Å²) in [5.41, 5.74) is 1.38. The fraction of sp³-hybridized carbons (Fsp3) is 0.650. The number of amides is 3. The molecule has 7 heteroatoms. The van der Waals surface area contributed by atoms with Crippen LogP contribution < -0.4 is 0 Å². The van der Waals surface area contributed by atoms with Crippen molar-refractivity contribution in [2.75, 3.05) is 26.2 Å². The van der Waals surface area contributed by atoms with E-state index in [1.807, 2.05) is 15.2 Å². The van der Waals surface area contributed by atoms with E-state index in [0.29, 0.717) is 25.6 Å². The van der Waals surface area contributed by atoms with Crippen molar-refractivity contribution in [3.8, 4) is 0 Å². The molecule has 1 aromatic rings. The van der Waals surface area contributed by atoms with E-state index in [1.54, 1.807) is 23.2 Å². The molecular formula is C20H27N3O3S. The predicted molar refractivity (Wildman–Crippen MR) is 103 cm³/mol. The third-order valence-corrected chi connectivity index (χ3v) is 7.20. The fourth-order valence-electron chi connectivity index (χ4n) is 4.66. The molecule has 0 unspecified atom stereocenters. The molecule has 2 aliphatic heterocycles. The molecule has 1 spiro atoms. The molecule has 1 aliphatic carbocycles. The van der Waals surface area contributed by atoms with Crippen molar-refractivity contribution >= 4 is 29.1 Å². The van der Waals surface area contributed by atoms with Crippen molar-refractivity contribution in [2.45, 2.75) is 51.6 Å². The summed E-state index contributed by atoms with van der Waals surface area (Å²) in [6, 6.07) is 2.38. The molecule has 2 saturated heterocycles. The average molecular weight is 390 g/mol. The van der Waals surface area contributed by atoms with Crippen molar-refractivity contribution in [2.24, 2.45) is 5.41 Å². The van der Waals surface area contributed by atoms with Gasteiger partial charge in [0, 0.05) is 45.6 Å². The maximum atomic E-state index is 12.5. The van der Waals surface area contributed by atoms with Crippen LogP contribution in [-0.4, -0.2) is 64.6 Å². The number of hydrogen-bond acceptors (Lipinski definition) is 4. The van der Waals surface area contributed by atoms with Gasteiger partial charge in [-0.2, -0.15) is 11.3 Å². The zero-order valence-electron chi connectivity index (χ0n) is 15.9. The van der Waals surface area contributed by atoms with Crippen LogP contribution in [0.25, 0.3) is 0 Å². The van der Waals surface area contributed by atoms with Crippen LogP contribution in [0, 0.1) is 5.41 Å². The van der Waals surface area contributed by atoms with Gasteiger partial charge in [-0.3, -0.25) is 14.4 Å². The van der Waals surface area contributed by atoms with E-state index in [2.05, 4.69) is 11.4 Å². The molecule has 0 bridgehead atoms. The van der Waals surface area contributed by atoms with Gasteiger partial charge in [0.25, 0.3) is 0 Å². The third-order valence-electron chi connectivity index (χ3n) is 6.47. The largest absolute Gasteiger partial charge is 0.341 e. The van der Waals surface area contributed by atoms with E-state index >= 15 is 0 Å². The molecule has 1 aromatic heterocycles. The lowest BCUT2D eigenvalue weighted by molar-refractivity contribution is -0.139. The van der Waals surface area contributed by atoms with Gasteiger partial charge in [-0.25, -0.2) is 0 Å². The van der Waals surface area contributed by atoms with Crippen LogP contribution in [-0.2, 0) is 20.9 Å². The number of carbonyl (C=O) groups is 3. The molecule has 3 aliphatic rings. The first kappa shape index (κ1) is 18.5. The normalized spacial score (nSPS) is 23.7. The quantitative estimate of drug-likeness (QED) is 0.775. The van der Waals surface area contributed by atoms with Gasteiger partial charge >= 0.3 is 0 Å². The first-order valence-electron chi connectivity index (χ1n) is 9.82. The van der Waals surface area contributed by atoms with Gasteiger partial charge in [0.2, 0.25) is 17.7 Å². The highest BCUT2D eigenvalue weighted by molar-refractivity contribution is 7.07. The maximum Gasteiger partial charge on any atom is 0.242 e. The van der Waals surface area contributed by atoms with Crippen LogP contribution in [0.3, 0.4) is 0 Å². The highest BCUT2D eigenvalue weighted by Gasteiger charge is 2.58. The number of carbonyl (C=O) groups excluding carboxylic acids is 3. The molecule has 0 aromatic carbocycles. The number of thiophene rings is 1. The lowest BCUT2D eigenvalue weighted by Gasteiger charge is -2.35. The Bertz CT molecular complexity index is 725. The van der Waals surface area contributed by atoms with Crippen LogP contribution >= 0.6 is 11.3 Å². The summed E-state index contributed by atoms with van der Waals surface area (Å²) < 4.78 is 0. The molecule has 146 valence electrons. The number of hydrogen-bond donors (Lipinski definition) is 0. The number of likely N-dealkylation sites (tertiary alicyclic amines) is 2. The second-order valence-electron chi connectivity index (χ2n) is 8.16. The van der Waals surface area contributed by atoms with Crippen molar-refractivity contribution in [3.63, 3.8) is 0 Å². The first-order chi connectivity index (χ1) is 13.0. The molecule has 3 fully saturated rings. The smallest absolute Gasteiger partial charge is 0.242 e. The van der Waals surface area contributed by atoms with E-state index in [1.165, 1.54) is 5.56 Å². The maximum absolute atomic E-state index is 12.5.